The second kappa shape index (κ2) is 5.30. The molecule has 1 aliphatic heterocycles. The van der Waals surface area contributed by atoms with E-state index in [2.05, 4.69) is 4.90 Å². The van der Waals surface area contributed by atoms with E-state index in [0.29, 0.717) is 25.8 Å². The molecule has 0 spiro atoms. The molecule has 1 saturated heterocycles. The summed E-state index contributed by atoms with van der Waals surface area (Å²) in [4.78, 5) is 26.0. The molecule has 0 bridgehead atoms. The van der Waals surface area contributed by atoms with Gasteiger partial charge < -0.3 is 14.9 Å². The van der Waals surface area contributed by atoms with Crippen LogP contribution < -0.4 is 0 Å². The number of nitrogens with zero attached hydrogens (tertiary/aromatic N) is 2. The average molecular weight is 228 g/mol. The number of carboxylic acid groups (broad SMARTS) is 1. The first-order valence-electron chi connectivity index (χ1n) is 5.71. The van der Waals surface area contributed by atoms with Gasteiger partial charge in [-0.15, -0.1) is 0 Å². The monoisotopic (exact) mass is 228 g/mol. The number of rotatable bonds is 4. The fourth-order valence-electron chi connectivity index (χ4n) is 2.36. The number of likely N-dealkylation sites (N-methyl/N-ethyl adjacent to an activating group) is 1. The third-order valence-electron chi connectivity index (χ3n) is 3.45. The van der Waals surface area contributed by atoms with Crippen LogP contribution in [0.3, 0.4) is 0 Å². The van der Waals surface area contributed by atoms with E-state index >= 15 is 0 Å². The third-order valence-corrected chi connectivity index (χ3v) is 3.45. The Labute approximate surface area is 96.0 Å². The van der Waals surface area contributed by atoms with Gasteiger partial charge in [0.25, 0.3) is 0 Å². The Bertz CT molecular complexity index is 270. The normalized spacial score (nSPS) is 27.1. The minimum absolute atomic E-state index is 0.444. The lowest BCUT2D eigenvalue weighted by atomic mass is 9.89. The number of hydrogen-bond donors (Lipinski definition) is 1. The first-order valence-corrected chi connectivity index (χ1v) is 5.71. The zero-order chi connectivity index (χ0) is 12.2. The largest absolute Gasteiger partial charge is 0.479 e. The SMILES string of the molecule is CCN(C=O)C1(C(=O)O)CCCN(C)CC1. The maximum absolute atomic E-state index is 11.5. The summed E-state index contributed by atoms with van der Waals surface area (Å²) in [6, 6.07) is 0. The minimum atomic E-state index is -0.999. The highest BCUT2D eigenvalue weighted by Crippen LogP contribution is 2.28. The third kappa shape index (κ3) is 2.35. The number of carbonyl (C=O) groups is 2. The van der Waals surface area contributed by atoms with E-state index in [1.807, 2.05) is 14.0 Å². The molecule has 1 unspecified atom stereocenters. The number of carbonyl (C=O) groups excluding carboxylic acids is 1. The van der Waals surface area contributed by atoms with Crippen LogP contribution in [0.15, 0.2) is 0 Å². The van der Waals surface area contributed by atoms with Gasteiger partial charge >= 0.3 is 5.97 Å². The van der Waals surface area contributed by atoms with Crippen molar-refractivity contribution in [3.63, 3.8) is 0 Å². The van der Waals surface area contributed by atoms with Gasteiger partial charge in [-0.3, -0.25) is 4.79 Å². The van der Waals surface area contributed by atoms with Crippen molar-refractivity contribution in [3.05, 3.63) is 0 Å². The number of carboxylic acids is 1. The quantitative estimate of drug-likeness (QED) is 0.708. The molecule has 1 rings (SSSR count). The van der Waals surface area contributed by atoms with Gasteiger partial charge in [-0.2, -0.15) is 0 Å². The van der Waals surface area contributed by atoms with Gasteiger partial charge in [0.2, 0.25) is 6.41 Å². The lowest BCUT2D eigenvalue weighted by Crippen LogP contribution is -2.54. The van der Waals surface area contributed by atoms with Crippen molar-refractivity contribution < 1.29 is 14.7 Å². The maximum Gasteiger partial charge on any atom is 0.329 e. The molecule has 0 aromatic heterocycles. The molecule has 5 nitrogen and oxygen atoms in total. The molecule has 0 radical (unpaired) electrons. The molecule has 1 fully saturated rings. The van der Waals surface area contributed by atoms with Crippen LogP contribution in [-0.4, -0.2) is 59.5 Å². The molecule has 5 heteroatoms. The molecule has 0 aliphatic carbocycles. The summed E-state index contributed by atoms with van der Waals surface area (Å²) < 4.78 is 0. The number of aliphatic carboxylic acids is 1. The Hall–Kier alpha value is -1.10. The zero-order valence-electron chi connectivity index (χ0n) is 9.98. The highest BCUT2D eigenvalue weighted by atomic mass is 16.4. The van der Waals surface area contributed by atoms with Gasteiger partial charge in [0.15, 0.2) is 0 Å². The molecule has 1 amide bonds. The molecular weight excluding hydrogens is 208 g/mol. The van der Waals surface area contributed by atoms with Gasteiger partial charge in [-0.05, 0) is 39.8 Å². The molecule has 1 aliphatic rings. The zero-order valence-corrected chi connectivity index (χ0v) is 9.98. The highest BCUT2D eigenvalue weighted by Gasteiger charge is 2.43. The maximum atomic E-state index is 11.5. The van der Waals surface area contributed by atoms with Gasteiger partial charge in [0.05, 0.1) is 0 Å². The first kappa shape index (κ1) is 13.0. The van der Waals surface area contributed by atoms with Crippen LogP contribution in [0.5, 0.6) is 0 Å². The molecule has 1 atom stereocenters. The average Bonchev–Trinajstić information content (AvgIpc) is 2.44. The van der Waals surface area contributed by atoms with Crippen LogP contribution in [-0.2, 0) is 9.59 Å². The van der Waals surface area contributed by atoms with E-state index in [4.69, 9.17) is 0 Å². The molecule has 1 N–H and O–H groups in total. The fraction of sp³-hybridized carbons (Fsp3) is 0.818. The van der Waals surface area contributed by atoms with E-state index in [0.717, 1.165) is 19.5 Å². The fourth-order valence-corrected chi connectivity index (χ4v) is 2.36. The molecule has 0 aromatic carbocycles. The van der Waals surface area contributed by atoms with Crippen molar-refractivity contribution in [1.29, 1.82) is 0 Å². The van der Waals surface area contributed by atoms with E-state index in [-0.39, 0.29) is 0 Å². The van der Waals surface area contributed by atoms with Gasteiger partial charge in [0.1, 0.15) is 5.54 Å². The standard InChI is InChI=1S/C11H20N2O3/c1-3-13(9-14)11(10(15)16)5-4-7-12(2)8-6-11/h9H,3-8H2,1-2H3,(H,15,16). The molecule has 0 saturated carbocycles. The summed E-state index contributed by atoms with van der Waals surface area (Å²) in [5.41, 5.74) is -0.999. The van der Waals surface area contributed by atoms with Crippen LogP contribution in [0.2, 0.25) is 0 Å². The lowest BCUT2D eigenvalue weighted by molar-refractivity contribution is -0.156. The Morgan fingerprint density at radius 3 is 2.69 bits per heavy atom. The summed E-state index contributed by atoms with van der Waals surface area (Å²) in [6.45, 7) is 3.87. The van der Waals surface area contributed by atoms with Crippen molar-refractivity contribution >= 4 is 12.4 Å². The number of amides is 1. The van der Waals surface area contributed by atoms with Gasteiger partial charge in [-0.1, -0.05) is 0 Å². The summed E-state index contributed by atoms with van der Waals surface area (Å²) >= 11 is 0. The minimum Gasteiger partial charge on any atom is -0.479 e. The van der Waals surface area contributed by atoms with Crippen molar-refractivity contribution in [1.82, 2.24) is 9.80 Å². The van der Waals surface area contributed by atoms with Crippen LogP contribution in [0, 0.1) is 0 Å². The predicted molar refractivity (Wildman–Crippen MR) is 60.2 cm³/mol. The number of likely N-dealkylation sites (tertiary alicyclic amines) is 1. The van der Waals surface area contributed by atoms with E-state index in [9.17, 15) is 14.7 Å². The summed E-state index contributed by atoms with van der Waals surface area (Å²) in [7, 11) is 1.98. The van der Waals surface area contributed by atoms with Crippen LogP contribution in [0.25, 0.3) is 0 Å². The Morgan fingerprint density at radius 2 is 2.19 bits per heavy atom. The second-order valence-electron chi connectivity index (χ2n) is 4.38. The summed E-state index contributed by atoms with van der Waals surface area (Å²) in [5.74, 6) is -0.878. The molecule has 0 aromatic rings. The van der Waals surface area contributed by atoms with Crippen LogP contribution in [0.1, 0.15) is 26.2 Å². The van der Waals surface area contributed by atoms with Crippen molar-refractivity contribution in [3.8, 4) is 0 Å². The van der Waals surface area contributed by atoms with E-state index in [1.54, 1.807) is 0 Å². The second-order valence-corrected chi connectivity index (χ2v) is 4.38. The number of hydrogen-bond acceptors (Lipinski definition) is 3. The van der Waals surface area contributed by atoms with Gasteiger partial charge in [0, 0.05) is 13.1 Å². The topological polar surface area (TPSA) is 60.9 Å². The van der Waals surface area contributed by atoms with Crippen LogP contribution in [0.4, 0.5) is 0 Å². The summed E-state index contributed by atoms with van der Waals surface area (Å²) in [5, 5.41) is 9.41. The molecule has 1 heterocycles. The Balaban J connectivity index is 2.94. The van der Waals surface area contributed by atoms with Crippen molar-refractivity contribution in [2.45, 2.75) is 31.7 Å². The van der Waals surface area contributed by atoms with Crippen molar-refractivity contribution in [2.24, 2.45) is 0 Å². The Kier molecular flexibility index (Phi) is 4.29. The lowest BCUT2D eigenvalue weighted by Gasteiger charge is -2.37. The first-order chi connectivity index (χ1) is 7.56. The predicted octanol–water partition coefficient (Wildman–Crippen LogP) is 0.404. The molecule has 92 valence electrons. The van der Waals surface area contributed by atoms with E-state index in [1.165, 1.54) is 4.90 Å². The molecular formula is C11H20N2O3. The molecule has 16 heavy (non-hydrogen) atoms. The van der Waals surface area contributed by atoms with E-state index < -0.39 is 11.5 Å². The van der Waals surface area contributed by atoms with Crippen LogP contribution >= 0.6 is 0 Å². The smallest absolute Gasteiger partial charge is 0.329 e. The van der Waals surface area contributed by atoms with Gasteiger partial charge in [-0.25, -0.2) is 4.79 Å². The Morgan fingerprint density at radius 1 is 1.50 bits per heavy atom. The van der Waals surface area contributed by atoms with Crippen molar-refractivity contribution in [2.75, 3.05) is 26.7 Å². The summed E-state index contributed by atoms with van der Waals surface area (Å²) in [6.07, 6.45) is 2.53. The highest BCUT2D eigenvalue weighted by molar-refractivity contribution is 5.81.